The first-order valence-corrected chi connectivity index (χ1v) is 10.1. The Hall–Kier alpha value is -2.63. The maximum absolute atomic E-state index is 5.97. The second kappa shape index (κ2) is 7.18. The fourth-order valence-corrected chi connectivity index (χ4v) is 4.58. The number of ether oxygens (including phenoxy) is 1. The number of aromatic nitrogens is 1. The molecule has 4 nitrogen and oxygen atoms in total. The van der Waals surface area contributed by atoms with E-state index in [9.17, 15) is 0 Å². The van der Waals surface area contributed by atoms with Gasteiger partial charge in [0.2, 0.25) is 0 Å². The Bertz CT molecular complexity index is 1070. The molecule has 0 bridgehead atoms. The average molecular weight is 376 g/mol. The van der Waals surface area contributed by atoms with Gasteiger partial charge in [-0.3, -0.25) is 0 Å². The molecule has 0 saturated heterocycles. The molecule has 0 aliphatic heterocycles. The molecule has 1 N–H and O–H groups in total. The third-order valence-electron chi connectivity index (χ3n) is 5.08. The van der Waals surface area contributed by atoms with E-state index >= 15 is 0 Å². The highest BCUT2D eigenvalue weighted by Crippen LogP contribution is 2.33. The van der Waals surface area contributed by atoms with Crippen molar-refractivity contribution in [1.29, 1.82) is 0 Å². The van der Waals surface area contributed by atoms with E-state index in [1.165, 1.54) is 11.1 Å². The van der Waals surface area contributed by atoms with Crippen LogP contribution in [0.4, 0.5) is 0 Å². The molecule has 2 aromatic heterocycles. The van der Waals surface area contributed by atoms with Gasteiger partial charge in [0.1, 0.15) is 22.8 Å². The predicted octanol–water partition coefficient (Wildman–Crippen LogP) is 5.21. The number of fused-ring (bicyclic) bond motifs is 2. The van der Waals surface area contributed by atoms with Crippen molar-refractivity contribution in [1.82, 2.24) is 10.5 Å². The van der Waals surface area contributed by atoms with E-state index in [1.807, 2.05) is 35.7 Å². The summed E-state index contributed by atoms with van der Waals surface area (Å²) in [5.41, 5.74) is 5.64. The summed E-state index contributed by atoms with van der Waals surface area (Å²) in [7, 11) is 0. The molecular weight excluding hydrogens is 356 g/mol. The number of hydrogen-bond acceptors (Lipinski definition) is 5. The van der Waals surface area contributed by atoms with Crippen LogP contribution in [0, 0.1) is 0 Å². The SMILES string of the molecule is c1cc(OCCNC2CCc3ccccc32)cc(-c2noc3ccsc23)c1. The Morgan fingerprint density at radius 1 is 1.15 bits per heavy atom. The summed E-state index contributed by atoms with van der Waals surface area (Å²) in [6.45, 7) is 1.46. The molecule has 1 unspecified atom stereocenters. The van der Waals surface area contributed by atoms with Crippen LogP contribution in [-0.2, 0) is 6.42 Å². The van der Waals surface area contributed by atoms with Crippen LogP contribution in [0.3, 0.4) is 0 Å². The van der Waals surface area contributed by atoms with E-state index in [1.54, 1.807) is 11.3 Å². The third-order valence-corrected chi connectivity index (χ3v) is 5.98. The lowest BCUT2D eigenvalue weighted by molar-refractivity contribution is 0.305. The van der Waals surface area contributed by atoms with Crippen LogP contribution in [0.2, 0.25) is 0 Å². The average Bonchev–Trinajstić information content (AvgIpc) is 3.41. The quantitative estimate of drug-likeness (QED) is 0.469. The number of nitrogens with one attached hydrogen (secondary N) is 1. The van der Waals surface area contributed by atoms with Crippen LogP contribution in [-0.4, -0.2) is 18.3 Å². The standard InChI is InChI=1S/C22H20N2O2S/c1-2-7-18-15(4-1)8-9-19(18)23-11-12-25-17-6-3-5-16(14-17)21-22-20(26-24-21)10-13-27-22/h1-7,10,13-14,19,23H,8-9,11-12H2. The number of rotatable bonds is 6. The van der Waals surface area contributed by atoms with Gasteiger partial charge in [0.05, 0.1) is 0 Å². The van der Waals surface area contributed by atoms with E-state index in [2.05, 4.69) is 34.7 Å². The lowest BCUT2D eigenvalue weighted by Gasteiger charge is -2.14. The Morgan fingerprint density at radius 3 is 3.11 bits per heavy atom. The molecule has 4 aromatic rings. The van der Waals surface area contributed by atoms with Crippen molar-refractivity contribution in [2.24, 2.45) is 0 Å². The smallest absolute Gasteiger partial charge is 0.178 e. The lowest BCUT2D eigenvalue weighted by Crippen LogP contribution is -2.24. The van der Waals surface area contributed by atoms with Gasteiger partial charge in [-0.2, -0.15) is 0 Å². The molecule has 1 atom stereocenters. The second-order valence-electron chi connectivity index (χ2n) is 6.77. The molecule has 0 fully saturated rings. The molecule has 5 rings (SSSR count). The predicted molar refractivity (Wildman–Crippen MR) is 108 cm³/mol. The van der Waals surface area contributed by atoms with Gasteiger partial charge in [-0.1, -0.05) is 41.6 Å². The minimum atomic E-state index is 0.443. The third kappa shape index (κ3) is 3.24. The van der Waals surface area contributed by atoms with Crippen molar-refractivity contribution in [2.75, 3.05) is 13.2 Å². The molecule has 5 heteroatoms. The molecular formula is C22H20N2O2S. The fraction of sp³-hybridized carbons (Fsp3) is 0.227. The fourth-order valence-electron chi connectivity index (χ4n) is 3.77. The van der Waals surface area contributed by atoms with E-state index in [0.717, 1.165) is 46.7 Å². The van der Waals surface area contributed by atoms with Crippen molar-refractivity contribution in [3.8, 4) is 17.0 Å². The summed E-state index contributed by atoms with van der Waals surface area (Å²) < 4.78 is 12.4. The Kier molecular flexibility index (Phi) is 4.40. The summed E-state index contributed by atoms with van der Waals surface area (Å²) in [4.78, 5) is 0. The monoisotopic (exact) mass is 376 g/mol. The lowest BCUT2D eigenvalue weighted by atomic mass is 10.1. The molecule has 0 amide bonds. The van der Waals surface area contributed by atoms with Crippen LogP contribution in [0.15, 0.2) is 64.5 Å². The zero-order valence-corrected chi connectivity index (χ0v) is 15.7. The molecule has 0 spiro atoms. The second-order valence-corrected chi connectivity index (χ2v) is 7.68. The molecule has 1 aliphatic carbocycles. The van der Waals surface area contributed by atoms with Crippen LogP contribution < -0.4 is 10.1 Å². The van der Waals surface area contributed by atoms with E-state index in [4.69, 9.17) is 9.26 Å². The van der Waals surface area contributed by atoms with E-state index < -0.39 is 0 Å². The van der Waals surface area contributed by atoms with Crippen molar-refractivity contribution < 1.29 is 9.26 Å². The Morgan fingerprint density at radius 2 is 2.11 bits per heavy atom. The highest BCUT2D eigenvalue weighted by Gasteiger charge is 2.20. The maximum Gasteiger partial charge on any atom is 0.178 e. The van der Waals surface area contributed by atoms with E-state index in [0.29, 0.717) is 12.6 Å². The van der Waals surface area contributed by atoms with Gasteiger partial charge < -0.3 is 14.6 Å². The minimum Gasteiger partial charge on any atom is -0.492 e. The highest BCUT2D eigenvalue weighted by atomic mass is 32.1. The normalized spacial score (nSPS) is 15.9. The zero-order valence-electron chi connectivity index (χ0n) is 14.9. The van der Waals surface area contributed by atoms with Gasteiger partial charge in [-0.25, -0.2) is 0 Å². The van der Waals surface area contributed by atoms with Crippen molar-refractivity contribution >= 4 is 21.6 Å². The summed E-state index contributed by atoms with van der Waals surface area (Å²) in [5.74, 6) is 0.855. The van der Waals surface area contributed by atoms with Crippen LogP contribution in [0.1, 0.15) is 23.6 Å². The first-order valence-electron chi connectivity index (χ1n) is 9.26. The number of benzene rings is 2. The van der Waals surface area contributed by atoms with Crippen molar-refractivity contribution in [3.05, 3.63) is 71.1 Å². The van der Waals surface area contributed by atoms with Crippen molar-refractivity contribution in [3.63, 3.8) is 0 Å². The van der Waals surface area contributed by atoms with Crippen molar-refractivity contribution in [2.45, 2.75) is 18.9 Å². The molecule has 1 aliphatic rings. The zero-order chi connectivity index (χ0) is 18.1. The molecule has 0 radical (unpaired) electrons. The first-order chi connectivity index (χ1) is 13.4. The van der Waals surface area contributed by atoms with E-state index in [-0.39, 0.29) is 0 Å². The molecule has 136 valence electrons. The van der Waals surface area contributed by atoms with Gasteiger partial charge in [0.25, 0.3) is 0 Å². The largest absolute Gasteiger partial charge is 0.492 e. The Balaban J connectivity index is 1.21. The van der Waals surface area contributed by atoms with Gasteiger partial charge >= 0.3 is 0 Å². The van der Waals surface area contributed by atoms with Gasteiger partial charge in [0, 0.05) is 18.2 Å². The number of aryl methyl sites for hydroxylation is 1. The summed E-state index contributed by atoms with van der Waals surface area (Å²) >= 11 is 1.64. The van der Waals surface area contributed by atoms with Crippen LogP contribution in [0.25, 0.3) is 21.5 Å². The molecule has 2 heterocycles. The van der Waals surface area contributed by atoms with Gasteiger partial charge in [0.15, 0.2) is 5.58 Å². The topological polar surface area (TPSA) is 47.3 Å². The van der Waals surface area contributed by atoms with Gasteiger partial charge in [-0.15, -0.1) is 11.3 Å². The summed E-state index contributed by atoms with van der Waals surface area (Å²) in [5, 5.41) is 9.84. The minimum absolute atomic E-state index is 0.443. The van der Waals surface area contributed by atoms with Crippen LogP contribution >= 0.6 is 11.3 Å². The summed E-state index contributed by atoms with van der Waals surface area (Å²) in [6.07, 6.45) is 2.32. The number of nitrogens with zero attached hydrogens (tertiary/aromatic N) is 1. The maximum atomic E-state index is 5.97. The molecule has 0 saturated carbocycles. The van der Waals surface area contributed by atoms with Gasteiger partial charge in [-0.05, 0) is 47.5 Å². The first kappa shape index (κ1) is 16.5. The summed E-state index contributed by atoms with van der Waals surface area (Å²) in [6, 6.07) is 19.1. The molecule has 27 heavy (non-hydrogen) atoms. The van der Waals surface area contributed by atoms with Crippen LogP contribution in [0.5, 0.6) is 5.75 Å². The number of thiophene rings is 1. The number of hydrogen-bond donors (Lipinski definition) is 1. The molecule has 2 aromatic carbocycles. The Labute approximate surface area is 161 Å². The highest BCUT2D eigenvalue weighted by molar-refractivity contribution is 7.17.